The zero-order chi connectivity index (χ0) is 37.4. The van der Waals surface area contributed by atoms with E-state index < -0.39 is 59.4 Å². The van der Waals surface area contributed by atoms with E-state index in [-0.39, 0.29) is 11.1 Å². The molecule has 0 saturated carbocycles. The molecule has 4 amide bonds. The van der Waals surface area contributed by atoms with E-state index in [1.165, 1.54) is 84.9 Å². The number of benzene rings is 6. The van der Waals surface area contributed by atoms with Gasteiger partial charge >= 0.3 is 6.03 Å². The van der Waals surface area contributed by atoms with Crippen LogP contribution < -0.4 is 21.3 Å². The number of fused-ring (bicyclic) bond motifs is 2. The number of urea groups is 1. The molecule has 0 radical (unpaired) electrons. The number of anilines is 4. The van der Waals surface area contributed by atoms with Crippen LogP contribution in [0.2, 0.25) is 0 Å². The van der Waals surface area contributed by atoms with Gasteiger partial charge in [0.05, 0.1) is 0 Å². The molecule has 0 aromatic heterocycles. The van der Waals surface area contributed by atoms with E-state index in [0.717, 1.165) is 24.3 Å². The van der Waals surface area contributed by atoms with Crippen molar-refractivity contribution in [2.24, 2.45) is 0 Å². The molecule has 8 N–H and O–H groups in total. The van der Waals surface area contributed by atoms with Crippen LogP contribution in [0.25, 0.3) is 21.5 Å². The standard InChI is InChI=1S/C35H26N4O11S2/c40-29-15-23-13-27(11-5-21(23)17-31(29)51(45,46)47)36-33(42)19-1-7-25(8-2-19)38-35(44)39-26-9-3-20(4-10-26)34(43)37-28-12-6-22-18-32(52(48,49)50)30(41)16-24(22)14-28/h1-18,40-41H,(H,36,42)(H,37,43)(H2,38,39,44)(H,45,46,47)(H,48,49,50). The Bertz CT molecular complexity index is 2460. The quantitative estimate of drug-likeness (QED) is 0.0834. The number of amides is 4. The first-order valence-corrected chi connectivity index (χ1v) is 17.8. The van der Waals surface area contributed by atoms with E-state index in [9.17, 15) is 50.5 Å². The van der Waals surface area contributed by atoms with Crippen LogP contribution in [-0.2, 0) is 20.2 Å². The lowest BCUT2D eigenvalue weighted by Gasteiger charge is -2.11. The molecule has 17 heteroatoms. The molecule has 52 heavy (non-hydrogen) atoms. The van der Waals surface area contributed by atoms with E-state index in [0.29, 0.717) is 44.3 Å². The van der Waals surface area contributed by atoms with Crippen molar-refractivity contribution in [3.63, 3.8) is 0 Å². The number of phenols is 2. The molecule has 0 atom stereocenters. The minimum atomic E-state index is -4.62. The van der Waals surface area contributed by atoms with Gasteiger partial charge in [0.15, 0.2) is 0 Å². The van der Waals surface area contributed by atoms with E-state index in [4.69, 9.17) is 0 Å². The molecule has 0 bridgehead atoms. The summed E-state index contributed by atoms with van der Waals surface area (Å²) in [5.74, 6) is -2.24. The molecular formula is C35H26N4O11S2. The number of carbonyl (C=O) groups excluding carboxylic acids is 3. The van der Waals surface area contributed by atoms with Gasteiger partial charge in [0.2, 0.25) is 0 Å². The van der Waals surface area contributed by atoms with Crippen LogP contribution in [0.4, 0.5) is 27.5 Å². The Balaban J connectivity index is 1.03. The predicted molar refractivity (Wildman–Crippen MR) is 192 cm³/mol. The number of phenolic OH excluding ortho intramolecular Hbond substituents is 2. The van der Waals surface area contributed by atoms with Crippen molar-refractivity contribution < 1.29 is 50.5 Å². The number of aromatic hydroxyl groups is 2. The third-order valence-corrected chi connectivity index (χ3v) is 9.48. The van der Waals surface area contributed by atoms with Gasteiger partial charge in [0.1, 0.15) is 21.3 Å². The molecule has 264 valence electrons. The Labute approximate surface area is 295 Å². The molecular weight excluding hydrogens is 717 g/mol. The Morgan fingerprint density at radius 1 is 0.423 bits per heavy atom. The summed E-state index contributed by atoms with van der Waals surface area (Å²) in [5, 5.41) is 32.3. The van der Waals surface area contributed by atoms with E-state index >= 15 is 0 Å². The first kappa shape index (κ1) is 35.3. The molecule has 0 unspecified atom stereocenters. The maximum absolute atomic E-state index is 12.8. The topological polar surface area (TPSA) is 249 Å². The van der Waals surface area contributed by atoms with Gasteiger partial charge < -0.3 is 31.5 Å². The first-order chi connectivity index (χ1) is 24.5. The third-order valence-electron chi connectivity index (χ3n) is 7.72. The number of hydrogen-bond donors (Lipinski definition) is 8. The number of hydrogen-bond acceptors (Lipinski definition) is 9. The maximum atomic E-state index is 12.8. The van der Waals surface area contributed by atoms with Crippen LogP contribution in [-0.4, -0.2) is 54.0 Å². The third kappa shape index (κ3) is 7.92. The fourth-order valence-corrected chi connectivity index (χ4v) is 6.41. The average molecular weight is 743 g/mol. The van der Waals surface area contributed by atoms with E-state index in [2.05, 4.69) is 21.3 Å². The summed E-state index contributed by atoms with van der Waals surface area (Å²) in [5.41, 5.74) is 1.99. The van der Waals surface area contributed by atoms with Crippen LogP contribution in [0.1, 0.15) is 20.7 Å². The average Bonchev–Trinajstić information content (AvgIpc) is 3.07. The van der Waals surface area contributed by atoms with Gasteiger partial charge in [-0.15, -0.1) is 0 Å². The molecule has 0 spiro atoms. The Kier molecular flexibility index (Phi) is 9.26. The van der Waals surface area contributed by atoms with Gasteiger partial charge in [-0.05, 0) is 119 Å². The largest absolute Gasteiger partial charge is 0.506 e. The van der Waals surface area contributed by atoms with Crippen molar-refractivity contribution in [2.75, 3.05) is 21.3 Å². The minimum absolute atomic E-state index is 0.262. The lowest BCUT2D eigenvalue weighted by atomic mass is 10.1. The van der Waals surface area contributed by atoms with Crippen LogP contribution in [0, 0.1) is 0 Å². The number of nitrogens with one attached hydrogen (secondary N) is 4. The fraction of sp³-hybridized carbons (Fsp3) is 0. The van der Waals surface area contributed by atoms with Crippen LogP contribution in [0.3, 0.4) is 0 Å². The molecule has 15 nitrogen and oxygen atoms in total. The smallest absolute Gasteiger partial charge is 0.323 e. The highest BCUT2D eigenvalue weighted by molar-refractivity contribution is 7.86. The fourth-order valence-electron chi connectivity index (χ4n) is 5.21. The normalized spacial score (nSPS) is 11.6. The van der Waals surface area contributed by atoms with Crippen LogP contribution in [0.5, 0.6) is 11.5 Å². The van der Waals surface area contributed by atoms with Gasteiger partial charge in [-0.3, -0.25) is 18.7 Å². The van der Waals surface area contributed by atoms with Crippen molar-refractivity contribution in [3.8, 4) is 11.5 Å². The van der Waals surface area contributed by atoms with Crippen molar-refractivity contribution in [1.82, 2.24) is 0 Å². The zero-order valence-electron chi connectivity index (χ0n) is 26.4. The molecule has 0 aliphatic heterocycles. The van der Waals surface area contributed by atoms with Gasteiger partial charge in [0, 0.05) is 33.9 Å². The lowest BCUT2D eigenvalue weighted by Crippen LogP contribution is -2.19. The Morgan fingerprint density at radius 3 is 1.12 bits per heavy atom. The summed E-state index contributed by atoms with van der Waals surface area (Å²) >= 11 is 0. The SMILES string of the molecule is O=C(Nc1ccc(C(=O)Nc2ccc3cc(S(=O)(=O)O)c(O)cc3c2)cc1)Nc1ccc(C(=O)Nc2ccc3cc(S(=O)(=O)O)c(O)cc3c2)cc1. The predicted octanol–water partition coefficient (Wildman–Crippen LogP) is 6.05. The highest BCUT2D eigenvalue weighted by Gasteiger charge is 2.18. The summed E-state index contributed by atoms with van der Waals surface area (Å²) in [4.78, 5) is 37.0. The molecule has 0 aliphatic rings. The molecule has 6 aromatic carbocycles. The lowest BCUT2D eigenvalue weighted by molar-refractivity contribution is 0.101. The summed E-state index contributed by atoms with van der Waals surface area (Å²) in [6, 6.07) is 25.1. The van der Waals surface area contributed by atoms with Gasteiger partial charge in [-0.2, -0.15) is 16.8 Å². The van der Waals surface area contributed by atoms with E-state index in [1.807, 2.05) is 0 Å². The monoisotopic (exact) mass is 742 g/mol. The highest BCUT2D eigenvalue weighted by atomic mass is 32.2. The van der Waals surface area contributed by atoms with Crippen molar-refractivity contribution in [2.45, 2.75) is 9.79 Å². The zero-order valence-corrected chi connectivity index (χ0v) is 28.0. The van der Waals surface area contributed by atoms with Gasteiger partial charge in [0.25, 0.3) is 32.1 Å². The molecule has 0 fully saturated rings. The summed E-state index contributed by atoms with van der Waals surface area (Å²) < 4.78 is 64.3. The number of carbonyl (C=O) groups is 3. The van der Waals surface area contributed by atoms with Gasteiger partial charge in [-0.1, -0.05) is 12.1 Å². The highest BCUT2D eigenvalue weighted by Crippen LogP contribution is 2.32. The summed E-state index contributed by atoms with van der Waals surface area (Å²) in [7, 11) is -9.25. The second kappa shape index (κ2) is 13.6. The molecule has 0 saturated heterocycles. The summed E-state index contributed by atoms with van der Waals surface area (Å²) in [6.45, 7) is 0. The first-order valence-electron chi connectivity index (χ1n) is 14.9. The second-order valence-electron chi connectivity index (χ2n) is 11.4. The molecule has 0 aliphatic carbocycles. The molecule has 6 aromatic rings. The second-order valence-corrected chi connectivity index (χ2v) is 14.1. The summed E-state index contributed by atoms with van der Waals surface area (Å²) in [6.07, 6.45) is 0. The maximum Gasteiger partial charge on any atom is 0.323 e. The molecule has 0 heterocycles. The van der Waals surface area contributed by atoms with Crippen molar-refractivity contribution in [3.05, 3.63) is 120 Å². The van der Waals surface area contributed by atoms with Crippen molar-refractivity contribution >= 4 is 82.4 Å². The Morgan fingerprint density at radius 2 is 0.769 bits per heavy atom. The van der Waals surface area contributed by atoms with Crippen LogP contribution in [0.15, 0.2) is 119 Å². The van der Waals surface area contributed by atoms with Gasteiger partial charge in [-0.25, -0.2) is 4.79 Å². The van der Waals surface area contributed by atoms with E-state index in [1.54, 1.807) is 0 Å². The number of rotatable bonds is 8. The van der Waals surface area contributed by atoms with Crippen LogP contribution >= 0.6 is 0 Å². The molecule has 6 rings (SSSR count). The van der Waals surface area contributed by atoms with Crippen molar-refractivity contribution in [1.29, 1.82) is 0 Å². The Hall–Kier alpha value is -6.53. The minimum Gasteiger partial charge on any atom is -0.506 e.